The fourth-order valence-electron chi connectivity index (χ4n) is 2.56. The van der Waals surface area contributed by atoms with E-state index in [4.69, 9.17) is 28.6 Å². The summed E-state index contributed by atoms with van der Waals surface area (Å²) in [5, 5.41) is 8.01. The molecule has 0 bridgehead atoms. The fourth-order valence-corrected chi connectivity index (χ4v) is 3.30. The number of anilines is 1. The van der Waals surface area contributed by atoms with Crippen molar-refractivity contribution in [1.82, 2.24) is 5.43 Å². The zero-order valence-electron chi connectivity index (χ0n) is 15.9. The van der Waals surface area contributed by atoms with Crippen molar-refractivity contribution >= 4 is 62.7 Å². The maximum atomic E-state index is 12.5. The van der Waals surface area contributed by atoms with Crippen molar-refractivity contribution in [1.29, 1.82) is 0 Å². The normalized spacial score (nSPS) is 10.6. The van der Waals surface area contributed by atoms with Crippen molar-refractivity contribution in [2.75, 3.05) is 5.32 Å². The number of carbonyl (C=O) groups is 1. The van der Waals surface area contributed by atoms with Crippen molar-refractivity contribution < 1.29 is 9.53 Å². The predicted octanol–water partition coefficient (Wildman–Crippen LogP) is 5.95. The van der Waals surface area contributed by atoms with Crippen LogP contribution in [0, 0.1) is 6.92 Å². The Bertz CT molecular complexity index is 1120. The monoisotopic (exact) mass is 501 g/mol. The number of ether oxygens (including phenoxy) is 1. The standard InChI is InChI=1S/C22H17BrClN3O2S/c1-14-5-2-3-8-19(14)21(28)29-20-10-9-16(23)11-15(20)13-25-27-22(30)26-18-7-4-6-17(24)12-18/h2-13H,1H3,(H2,26,27,30). The van der Waals surface area contributed by atoms with Crippen LogP contribution in [0.2, 0.25) is 5.02 Å². The Morgan fingerprint density at radius 1 is 1.13 bits per heavy atom. The molecular formula is C22H17BrClN3O2S. The predicted molar refractivity (Wildman–Crippen MR) is 129 cm³/mol. The fraction of sp³-hybridized carbons (Fsp3) is 0.0455. The number of benzene rings is 3. The van der Waals surface area contributed by atoms with E-state index in [1.165, 1.54) is 6.21 Å². The van der Waals surface area contributed by atoms with Gasteiger partial charge in [0.15, 0.2) is 5.11 Å². The molecule has 0 unspecified atom stereocenters. The molecule has 0 saturated heterocycles. The molecule has 0 aliphatic carbocycles. The van der Waals surface area contributed by atoms with Gasteiger partial charge in [-0.1, -0.05) is 51.8 Å². The van der Waals surface area contributed by atoms with Crippen molar-refractivity contribution in [2.24, 2.45) is 5.10 Å². The highest BCUT2D eigenvalue weighted by molar-refractivity contribution is 9.10. The first-order chi connectivity index (χ1) is 14.4. The molecule has 2 N–H and O–H groups in total. The molecule has 8 heteroatoms. The minimum atomic E-state index is -0.434. The zero-order valence-corrected chi connectivity index (χ0v) is 19.0. The van der Waals surface area contributed by atoms with Gasteiger partial charge in [-0.05, 0) is 67.2 Å². The number of aryl methyl sites for hydroxylation is 1. The third kappa shape index (κ3) is 6.13. The quantitative estimate of drug-likeness (QED) is 0.148. The molecule has 3 rings (SSSR count). The van der Waals surface area contributed by atoms with Gasteiger partial charge in [0.25, 0.3) is 0 Å². The number of nitrogens with one attached hydrogen (secondary N) is 2. The number of carbonyl (C=O) groups excluding carboxylic acids is 1. The first-order valence-corrected chi connectivity index (χ1v) is 10.4. The van der Waals surface area contributed by atoms with Crippen LogP contribution < -0.4 is 15.5 Å². The maximum absolute atomic E-state index is 12.5. The number of esters is 1. The summed E-state index contributed by atoms with van der Waals surface area (Å²) in [5.41, 5.74) is 5.42. The van der Waals surface area contributed by atoms with Crippen LogP contribution in [0.15, 0.2) is 76.3 Å². The molecule has 30 heavy (non-hydrogen) atoms. The van der Waals surface area contributed by atoms with Gasteiger partial charge in [0.2, 0.25) is 0 Å². The summed E-state index contributed by atoms with van der Waals surface area (Å²) in [6.07, 6.45) is 1.52. The Hall–Kier alpha value is -2.74. The number of nitrogens with zero attached hydrogens (tertiary/aromatic N) is 1. The van der Waals surface area contributed by atoms with E-state index >= 15 is 0 Å². The lowest BCUT2D eigenvalue weighted by atomic mass is 10.1. The van der Waals surface area contributed by atoms with Gasteiger partial charge in [-0.15, -0.1) is 0 Å². The highest BCUT2D eigenvalue weighted by Gasteiger charge is 2.13. The Kier molecular flexibility index (Phi) is 7.57. The Morgan fingerprint density at radius 2 is 1.93 bits per heavy atom. The average Bonchev–Trinajstić information content (AvgIpc) is 2.70. The van der Waals surface area contributed by atoms with E-state index in [9.17, 15) is 4.79 Å². The molecule has 0 radical (unpaired) electrons. The van der Waals surface area contributed by atoms with Gasteiger partial charge >= 0.3 is 5.97 Å². The molecule has 0 aromatic heterocycles. The molecule has 0 heterocycles. The molecule has 0 saturated carbocycles. The van der Waals surface area contributed by atoms with Gasteiger partial charge in [0.05, 0.1) is 11.8 Å². The van der Waals surface area contributed by atoms with Gasteiger partial charge in [0.1, 0.15) is 5.75 Å². The van der Waals surface area contributed by atoms with E-state index in [1.54, 1.807) is 42.5 Å². The average molecular weight is 503 g/mol. The molecule has 3 aromatic rings. The van der Waals surface area contributed by atoms with E-state index < -0.39 is 5.97 Å². The number of rotatable bonds is 5. The number of thiocarbonyl (C=S) groups is 1. The second-order valence-corrected chi connectivity index (χ2v) is 7.98. The number of hydrogen-bond donors (Lipinski definition) is 2. The minimum absolute atomic E-state index is 0.293. The molecule has 0 aliphatic heterocycles. The van der Waals surface area contributed by atoms with Crippen LogP contribution in [-0.4, -0.2) is 17.3 Å². The molecule has 152 valence electrons. The van der Waals surface area contributed by atoms with E-state index in [1.807, 2.05) is 31.2 Å². The van der Waals surface area contributed by atoms with Crippen LogP contribution >= 0.6 is 39.7 Å². The summed E-state index contributed by atoms with van der Waals surface area (Å²) < 4.78 is 6.41. The summed E-state index contributed by atoms with van der Waals surface area (Å²) >= 11 is 14.6. The minimum Gasteiger partial charge on any atom is -0.422 e. The lowest BCUT2D eigenvalue weighted by molar-refractivity contribution is 0.0733. The van der Waals surface area contributed by atoms with E-state index in [0.29, 0.717) is 27.0 Å². The van der Waals surface area contributed by atoms with Crippen LogP contribution in [0.5, 0.6) is 5.75 Å². The second kappa shape index (κ2) is 10.3. The Balaban J connectivity index is 1.69. The van der Waals surface area contributed by atoms with Gasteiger partial charge in [-0.2, -0.15) is 5.10 Å². The molecule has 5 nitrogen and oxygen atoms in total. The first-order valence-electron chi connectivity index (χ1n) is 8.85. The maximum Gasteiger partial charge on any atom is 0.343 e. The molecule has 0 spiro atoms. The second-order valence-electron chi connectivity index (χ2n) is 6.22. The highest BCUT2D eigenvalue weighted by Crippen LogP contribution is 2.23. The summed E-state index contributed by atoms with van der Waals surface area (Å²) in [5.74, 6) is -0.0538. The summed E-state index contributed by atoms with van der Waals surface area (Å²) in [6.45, 7) is 1.86. The molecule has 0 aliphatic rings. The highest BCUT2D eigenvalue weighted by atomic mass is 79.9. The third-order valence-corrected chi connectivity index (χ3v) is 4.91. The van der Waals surface area contributed by atoms with Crippen LogP contribution in [0.3, 0.4) is 0 Å². The molecule has 0 atom stereocenters. The smallest absolute Gasteiger partial charge is 0.343 e. The summed E-state index contributed by atoms with van der Waals surface area (Å²) in [7, 11) is 0. The van der Waals surface area contributed by atoms with E-state index in [2.05, 4.69) is 31.8 Å². The van der Waals surface area contributed by atoms with E-state index in [0.717, 1.165) is 15.7 Å². The Morgan fingerprint density at radius 3 is 2.70 bits per heavy atom. The van der Waals surface area contributed by atoms with Gasteiger partial charge in [-0.3, -0.25) is 5.43 Å². The largest absolute Gasteiger partial charge is 0.422 e. The van der Waals surface area contributed by atoms with Crippen molar-refractivity contribution in [2.45, 2.75) is 6.92 Å². The van der Waals surface area contributed by atoms with Crippen LogP contribution in [0.1, 0.15) is 21.5 Å². The lowest BCUT2D eigenvalue weighted by Crippen LogP contribution is -2.23. The number of halogens is 2. The number of hydrogen-bond acceptors (Lipinski definition) is 4. The molecule has 0 fully saturated rings. The van der Waals surface area contributed by atoms with Gasteiger partial charge < -0.3 is 10.1 Å². The van der Waals surface area contributed by atoms with Crippen molar-refractivity contribution in [3.8, 4) is 5.75 Å². The topological polar surface area (TPSA) is 62.7 Å². The van der Waals surface area contributed by atoms with Crippen molar-refractivity contribution in [3.63, 3.8) is 0 Å². The Labute approximate surface area is 193 Å². The first kappa shape index (κ1) is 22.0. The van der Waals surface area contributed by atoms with Crippen LogP contribution in [0.4, 0.5) is 5.69 Å². The van der Waals surface area contributed by atoms with E-state index in [-0.39, 0.29) is 0 Å². The number of hydrazone groups is 1. The van der Waals surface area contributed by atoms with Crippen LogP contribution in [-0.2, 0) is 0 Å². The van der Waals surface area contributed by atoms with Crippen molar-refractivity contribution in [3.05, 3.63) is 92.9 Å². The van der Waals surface area contributed by atoms with Gasteiger partial charge in [0, 0.05) is 20.7 Å². The molecule has 0 amide bonds. The third-order valence-electron chi connectivity index (χ3n) is 3.99. The van der Waals surface area contributed by atoms with Gasteiger partial charge in [-0.25, -0.2) is 4.79 Å². The SMILES string of the molecule is Cc1ccccc1C(=O)Oc1ccc(Br)cc1C=NNC(=S)Nc1cccc(Cl)c1. The van der Waals surface area contributed by atoms with Crippen LogP contribution in [0.25, 0.3) is 0 Å². The summed E-state index contributed by atoms with van der Waals surface area (Å²) in [6, 6.07) is 19.7. The lowest BCUT2D eigenvalue weighted by Gasteiger charge is -2.10. The zero-order chi connectivity index (χ0) is 21.5. The molecule has 3 aromatic carbocycles. The summed E-state index contributed by atoms with van der Waals surface area (Å²) in [4.78, 5) is 12.5. The molecular weight excluding hydrogens is 486 g/mol.